The van der Waals surface area contributed by atoms with Crippen LogP contribution >= 0.6 is 11.3 Å². The standard InChI is InChI=1S/C31H42N8O11S2/c1-30(2)24(27(41)39(30)50-52(44,45)46)37-26(40)23(20-15-51-29(33)36-20)38-49-31(3,28(42)43)22-8-6-17-12-18(5-7-21(17)48-22)25(32)35-13-16-9-10-34-19(11-16)14-47-4/h5,7,12,15-16,19,22,24,34H,6,8-11,13-14H2,1-4H3,(H2,32,35)(H2,33,36)(H,37,40)(H,42,43)(H,44,45,46)/b38-23-/t16-,19-,22-,24-,31+/m1/s1. The summed E-state index contributed by atoms with van der Waals surface area (Å²) in [5, 5.41) is 21.9. The van der Waals surface area contributed by atoms with Gasteiger partial charge in [0.1, 0.15) is 23.3 Å². The van der Waals surface area contributed by atoms with Crippen LogP contribution in [0, 0.1) is 5.92 Å². The fourth-order valence-corrected chi connectivity index (χ4v) is 7.24. The monoisotopic (exact) mass is 766 g/mol. The van der Waals surface area contributed by atoms with Crippen molar-refractivity contribution in [3.8, 4) is 5.75 Å². The van der Waals surface area contributed by atoms with E-state index in [1.807, 2.05) is 6.07 Å². The van der Waals surface area contributed by atoms with Gasteiger partial charge in [0.05, 0.1) is 12.1 Å². The van der Waals surface area contributed by atoms with E-state index < -0.39 is 57.2 Å². The molecule has 3 aliphatic heterocycles. The van der Waals surface area contributed by atoms with Crippen LogP contribution in [-0.2, 0) is 45.1 Å². The van der Waals surface area contributed by atoms with E-state index in [1.54, 1.807) is 19.2 Å². The number of hydroxylamine groups is 2. The SMILES string of the molecule is COC[C@H]1C[C@H](CN=C(N)c2ccc3c(c2)CC[C@H]([C@](C)(O/N=C(\C(=O)N[C@@H]2C(=O)N(OS(=O)(=O)O)C2(C)C)c2csc(N)n2)C(=O)O)O3)CCN1. The molecule has 3 aliphatic rings. The molecule has 2 fully saturated rings. The van der Waals surface area contributed by atoms with E-state index in [1.165, 1.54) is 26.2 Å². The van der Waals surface area contributed by atoms with Crippen molar-refractivity contribution >= 4 is 56.2 Å². The van der Waals surface area contributed by atoms with Gasteiger partial charge in [-0.15, -0.1) is 15.6 Å². The van der Waals surface area contributed by atoms with Crippen LogP contribution < -0.4 is 26.8 Å². The number of rotatable bonds is 14. The fourth-order valence-electron chi connectivity index (χ4n) is 6.24. The molecule has 2 amide bonds. The Hall–Kier alpha value is -4.41. The Labute approximate surface area is 303 Å². The number of hydrogen-bond donors (Lipinski definition) is 6. The van der Waals surface area contributed by atoms with Gasteiger partial charge in [-0.3, -0.25) is 19.1 Å². The van der Waals surface area contributed by atoms with Gasteiger partial charge < -0.3 is 41.5 Å². The number of oxime groups is 1. The number of nitrogen functional groups attached to an aromatic ring is 1. The fraction of sp³-hybridized carbons (Fsp3) is 0.548. The third kappa shape index (κ3) is 8.45. The van der Waals surface area contributed by atoms with Crippen LogP contribution in [0.15, 0.2) is 33.7 Å². The van der Waals surface area contributed by atoms with Gasteiger partial charge in [0.15, 0.2) is 16.9 Å². The minimum absolute atomic E-state index is 0.0588. The van der Waals surface area contributed by atoms with Crippen molar-refractivity contribution in [2.45, 2.75) is 75.8 Å². The van der Waals surface area contributed by atoms with E-state index >= 15 is 0 Å². The number of fused-ring (bicyclic) bond motifs is 1. The van der Waals surface area contributed by atoms with Crippen molar-refractivity contribution < 1.29 is 51.1 Å². The summed E-state index contributed by atoms with van der Waals surface area (Å²) in [6, 6.07) is 4.23. The highest BCUT2D eigenvalue weighted by molar-refractivity contribution is 7.80. The topological polar surface area (TPSA) is 280 Å². The van der Waals surface area contributed by atoms with Crippen molar-refractivity contribution in [2.75, 3.05) is 32.5 Å². The third-order valence-electron chi connectivity index (χ3n) is 9.26. The molecule has 19 nitrogen and oxygen atoms in total. The first-order chi connectivity index (χ1) is 24.4. The van der Waals surface area contributed by atoms with Crippen LogP contribution in [0.25, 0.3) is 0 Å². The second kappa shape index (κ2) is 15.3. The molecule has 52 heavy (non-hydrogen) atoms. The zero-order valence-corrected chi connectivity index (χ0v) is 30.5. The van der Waals surface area contributed by atoms with E-state index in [4.69, 9.17) is 30.3 Å². The number of benzene rings is 1. The predicted molar refractivity (Wildman–Crippen MR) is 187 cm³/mol. The summed E-state index contributed by atoms with van der Waals surface area (Å²) in [5.41, 5.74) is 9.48. The molecule has 0 aliphatic carbocycles. The van der Waals surface area contributed by atoms with Gasteiger partial charge in [0, 0.05) is 30.6 Å². The normalized spacial score (nSPS) is 24.6. The van der Waals surface area contributed by atoms with Crippen LogP contribution in [0.4, 0.5) is 5.13 Å². The number of ether oxygens (including phenoxy) is 2. The summed E-state index contributed by atoms with van der Waals surface area (Å²) in [4.78, 5) is 53.1. The Morgan fingerprint density at radius 2 is 2.06 bits per heavy atom. The number of aliphatic imine (C=N–C) groups is 1. The number of amides is 2. The molecular formula is C31H42N8O11S2. The molecule has 0 spiro atoms. The Balaban J connectivity index is 1.30. The Morgan fingerprint density at radius 3 is 2.69 bits per heavy atom. The Morgan fingerprint density at radius 1 is 1.31 bits per heavy atom. The predicted octanol–water partition coefficient (Wildman–Crippen LogP) is 0.243. The molecule has 0 radical (unpaired) electrons. The summed E-state index contributed by atoms with van der Waals surface area (Å²) < 4.78 is 47.1. The highest BCUT2D eigenvalue weighted by Crippen LogP contribution is 2.35. The molecule has 2 aromatic rings. The number of carbonyl (C=O) groups excluding carboxylic acids is 2. The first kappa shape index (κ1) is 38.8. The number of nitrogens with one attached hydrogen (secondary N) is 2. The molecule has 0 saturated carbocycles. The zero-order chi connectivity index (χ0) is 38.0. The summed E-state index contributed by atoms with van der Waals surface area (Å²) >= 11 is 0.966. The van der Waals surface area contributed by atoms with Gasteiger partial charge in [-0.05, 0) is 82.7 Å². The molecule has 4 heterocycles. The lowest BCUT2D eigenvalue weighted by molar-refractivity contribution is -0.218. The quantitative estimate of drug-likeness (QED) is 0.0494. The number of β-lactam (4-membered cyclic amide) rings is 1. The van der Waals surface area contributed by atoms with Gasteiger partial charge in [-0.25, -0.2) is 9.78 Å². The molecule has 5 rings (SSSR count). The van der Waals surface area contributed by atoms with Gasteiger partial charge in [0.25, 0.3) is 17.4 Å². The number of aromatic nitrogens is 1. The average Bonchev–Trinajstić information content (AvgIpc) is 3.53. The number of piperidine rings is 1. The number of carboxylic acids is 1. The molecular weight excluding hydrogens is 725 g/mol. The van der Waals surface area contributed by atoms with E-state index in [0.717, 1.165) is 36.3 Å². The molecule has 0 unspecified atom stereocenters. The minimum atomic E-state index is -5.03. The number of anilines is 1. The number of nitrogens with zero attached hydrogens (tertiary/aromatic N) is 4. The summed E-state index contributed by atoms with van der Waals surface area (Å²) in [6.45, 7) is 6.10. The lowest BCUT2D eigenvalue weighted by Crippen LogP contribution is -2.76. The smallest absolute Gasteiger partial charge is 0.418 e. The number of methoxy groups -OCH3 is 1. The molecule has 1 aromatic heterocycles. The highest BCUT2D eigenvalue weighted by Gasteiger charge is 2.58. The van der Waals surface area contributed by atoms with E-state index in [9.17, 15) is 27.9 Å². The molecule has 21 heteroatoms. The largest absolute Gasteiger partial charge is 0.485 e. The van der Waals surface area contributed by atoms with Gasteiger partial charge in [-0.1, -0.05) is 5.16 Å². The van der Waals surface area contributed by atoms with Crippen molar-refractivity contribution in [3.05, 3.63) is 40.4 Å². The number of thiazole rings is 1. The number of hydrogen-bond acceptors (Lipinski definition) is 15. The van der Waals surface area contributed by atoms with Crippen LogP contribution in [-0.4, -0.2) is 114 Å². The number of carbonyl (C=O) groups is 3. The highest BCUT2D eigenvalue weighted by atomic mass is 32.3. The summed E-state index contributed by atoms with van der Waals surface area (Å²) in [5.74, 6) is -2.27. The number of nitrogens with two attached hydrogens (primary N) is 2. The van der Waals surface area contributed by atoms with Gasteiger partial charge in [0.2, 0.25) is 0 Å². The Bertz CT molecular complexity index is 1870. The molecule has 5 atom stereocenters. The Kier molecular flexibility index (Phi) is 11.4. The van der Waals surface area contributed by atoms with Crippen LogP contribution in [0.3, 0.4) is 0 Å². The second-order valence-corrected chi connectivity index (χ2v) is 15.3. The second-order valence-electron chi connectivity index (χ2n) is 13.4. The van der Waals surface area contributed by atoms with Crippen molar-refractivity contribution in [2.24, 2.45) is 21.8 Å². The van der Waals surface area contributed by atoms with E-state index in [-0.39, 0.29) is 23.3 Å². The molecule has 8 N–H and O–H groups in total. The minimum Gasteiger partial charge on any atom is -0.485 e. The summed E-state index contributed by atoms with van der Waals surface area (Å²) in [7, 11) is -3.35. The van der Waals surface area contributed by atoms with Crippen molar-refractivity contribution in [3.63, 3.8) is 0 Å². The number of aryl methyl sites for hydroxylation is 1. The van der Waals surface area contributed by atoms with E-state index in [2.05, 4.69) is 30.0 Å². The van der Waals surface area contributed by atoms with Crippen LogP contribution in [0.1, 0.15) is 56.9 Å². The third-order valence-corrected chi connectivity index (χ3v) is 10.3. The molecule has 1 aromatic carbocycles. The number of carboxylic acid groups (broad SMARTS) is 1. The zero-order valence-electron chi connectivity index (χ0n) is 28.9. The van der Waals surface area contributed by atoms with Crippen LogP contribution in [0.5, 0.6) is 5.75 Å². The average molecular weight is 767 g/mol. The maximum atomic E-state index is 13.5. The molecule has 284 valence electrons. The first-order valence-electron chi connectivity index (χ1n) is 16.3. The lowest BCUT2D eigenvalue weighted by atomic mass is 9.84. The van der Waals surface area contributed by atoms with Crippen molar-refractivity contribution in [1.82, 2.24) is 20.7 Å². The first-order valence-corrected chi connectivity index (χ1v) is 18.5. The van der Waals surface area contributed by atoms with Gasteiger partial charge in [-0.2, -0.15) is 13.5 Å². The molecule has 0 bridgehead atoms. The maximum absolute atomic E-state index is 13.5. The van der Waals surface area contributed by atoms with Gasteiger partial charge >= 0.3 is 16.4 Å². The number of aliphatic carboxylic acids is 1. The molecule has 2 saturated heterocycles. The summed E-state index contributed by atoms with van der Waals surface area (Å²) in [6.07, 6.45) is 1.46. The van der Waals surface area contributed by atoms with E-state index in [0.29, 0.717) is 47.7 Å². The van der Waals surface area contributed by atoms with Crippen LogP contribution in [0.2, 0.25) is 0 Å². The number of amidine groups is 1. The van der Waals surface area contributed by atoms with Crippen molar-refractivity contribution in [1.29, 1.82) is 0 Å². The maximum Gasteiger partial charge on any atom is 0.418 e. The lowest BCUT2D eigenvalue weighted by Gasteiger charge is -2.50.